The standard InChI is InChI=1S/C18H16BrClN4O2/c1-23(2)16-6-4-12(20)8-15(16)22-17(25)9-24-10-21-14-5-3-11(19)7-13(14)18(24)26/h3-8,10H,9H2,1-2H3,(H,22,25). The monoisotopic (exact) mass is 434 g/mol. The van der Waals surface area contributed by atoms with Crippen molar-refractivity contribution in [2.24, 2.45) is 0 Å². The van der Waals surface area contributed by atoms with E-state index in [0.29, 0.717) is 21.6 Å². The molecule has 2 aromatic carbocycles. The lowest BCUT2D eigenvalue weighted by molar-refractivity contribution is -0.116. The van der Waals surface area contributed by atoms with Crippen molar-refractivity contribution in [1.82, 2.24) is 9.55 Å². The number of carbonyl (C=O) groups is 1. The zero-order valence-corrected chi connectivity index (χ0v) is 16.5. The number of nitrogens with zero attached hydrogens (tertiary/aromatic N) is 3. The summed E-state index contributed by atoms with van der Waals surface area (Å²) in [6.45, 7) is -0.145. The van der Waals surface area contributed by atoms with Crippen molar-refractivity contribution >= 4 is 55.7 Å². The largest absolute Gasteiger partial charge is 0.376 e. The van der Waals surface area contributed by atoms with E-state index in [1.165, 1.54) is 10.9 Å². The lowest BCUT2D eigenvalue weighted by Crippen LogP contribution is -2.28. The number of nitrogens with one attached hydrogen (secondary N) is 1. The first kappa shape index (κ1) is 18.4. The third-order valence-corrected chi connectivity index (χ3v) is 4.54. The first-order chi connectivity index (χ1) is 12.3. The maximum atomic E-state index is 12.6. The Bertz CT molecular complexity index is 1050. The Balaban J connectivity index is 1.87. The fourth-order valence-electron chi connectivity index (χ4n) is 2.59. The van der Waals surface area contributed by atoms with Gasteiger partial charge in [0.2, 0.25) is 5.91 Å². The molecule has 0 fully saturated rings. The van der Waals surface area contributed by atoms with Crippen LogP contribution in [0.2, 0.25) is 5.02 Å². The number of carbonyl (C=O) groups excluding carboxylic acids is 1. The van der Waals surface area contributed by atoms with Crippen LogP contribution in [-0.2, 0) is 11.3 Å². The highest BCUT2D eigenvalue weighted by Crippen LogP contribution is 2.27. The van der Waals surface area contributed by atoms with Gasteiger partial charge in [-0.1, -0.05) is 27.5 Å². The van der Waals surface area contributed by atoms with Crippen molar-refractivity contribution < 1.29 is 4.79 Å². The highest BCUT2D eigenvalue weighted by molar-refractivity contribution is 9.10. The van der Waals surface area contributed by atoms with Crippen LogP contribution in [0.1, 0.15) is 0 Å². The minimum Gasteiger partial charge on any atom is -0.376 e. The van der Waals surface area contributed by atoms with Gasteiger partial charge in [-0.2, -0.15) is 0 Å². The van der Waals surface area contributed by atoms with Crippen LogP contribution in [0.3, 0.4) is 0 Å². The van der Waals surface area contributed by atoms with Crippen molar-refractivity contribution in [2.75, 3.05) is 24.3 Å². The normalized spacial score (nSPS) is 10.8. The summed E-state index contributed by atoms with van der Waals surface area (Å²) in [7, 11) is 3.74. The molecule has 0 spiro atoms. The molecule has 8 heteroatoms. The Morgan fingerprint density at radius 2 is 2.04 bits per heavy atom. The van der Waals surface area contributed by atoms with E-state index in [1.807, 2.05) is 31.1 Å². The van der Waals surface area contributed by atoms with E-state index in [1.54, 1.807) is 24.3 Å². The summed E-state index contributed by atoms with van der Waals surface area (Å²) in [5.41, 5.74) is 1.71. The van der Waals surface area contributed by atoms with Crippen molar-refractivity contribution in [3.8, 4) is 0 Å². The molecule has 0 saturated carbocycles. The number of halogens is 2. The lowest BCUT2D eigenvalue weighted by atomic mass is 10.2. The van der Waals surface area contributed by atoms with Gasteiger partial charge < -0.3 is 10.2 Å². The summed E-state index contributed by atoms with van der Waals surface area (Å²) in [5, 5.41) is 3.77. The molecule has 1 heterocycles. The average molecular weight is 436 g/mol. The van der Waals surface area contributed by atoms with Crippen LogP contribution in [0.25, 0.3) is 10.9 Å². The molecule has 0 atom stereocenters. The molecule has 0 aliphatic carbocycles. The van der Waals surface area contributed by atoms with Gasteiger partial charge in [0.05, 0.1) is 28.6 Å². The number of rotatable bonds is 4. The van der Waals surface area contributed by atoms with Gasteiger partial charge in [-0.05, 0) is 36.4 Å². The molecule has 0 bridgehead atoms. The molecule has 134 valence electrons. The first-order valence-electron chi connectivity index (χ1n) is 7.76. The van der Waals surface area contributed by atoms with E-state index in [9.17, 15) is 9.59 Å². The smallest absolute Gasteiger partial charge is 0.261 e. The van der Waals surface area contributed by atoms with Crippen molar-refractivity contribution in [2.45, 2.75) is 6.54 Å². The highest BCUT2D eigenvalue weighted by Gasteiger charge is 2.12. The SMILES string of the molecule is CN(C)c1ccc(Cl)cc1NC(=O)Cn1cnc2ccc(Br)cc2c1=O. The fourth-order valence-corrected chi connectivity index (χ4v) is 3.12. The molecular formula is C18H16BrClN4O2. The molecule has 1 N–H and O–H groups in total. The van der Waals surface area contributed by atoms with E-state index in [4.69, 9.17) is 11.6 Å². The van der Waals surface area contributed by atoms with Gasteiger partial charge in [-0.15, -0.1) is 0 Å². The third kappa shape index (κ3) is 3.89. The second-order valence-electron chi connectivity index (χ2n) is 5.94. The molecule has 3 aromatic rings. The van der Waals surface area contributed by atoms with Crippen LogP contribution in [0.15, 0.2) is 52.0 Å². The van der Waals surface area contributed by atoms with Gasteiger partial charge in [-0.25, -0.2) is 4.98 Å². The maximum Gasteiger partial charge on any atom is 0.261 e. The highest BCUT2D eigenvalue weighted by atomic mass is 79.9. The second-order valence-corrected chi connectivity index (χ2v) is 7.30. The molecule has 0 aliphatic heterocycles. The van der Waals surface area contributed by atoms with Crippen LogP contribution >= 0.6 is 27.5 Å². The number of aromatic nitrogens is 2. The molecule has 26 heavy (non-hydrogen) atoms. The topological polar surface area (TPSA) is 67.2 Å². The van der Waals surface area contributed by atoms with Gasteiger partial charge >= 0.3 is 0 Å². The minimum atomic E-state index is -0.339. The van der Waals surface area contributed by atoms with Crippen molar-refractivity contribution in [3.05, 3.63) is 62.6 Å². The summed E-state index contributed by atoms with van der Waals surface area (Å²) in [4.78, 5) is 31.1. The molecular weight excluding hydrogens is 420 g/mol. The quantitative estimate of drug-likeness (QED) is 0.681. The van der Waals surface area contributed by atoms with E-state index in [-0.39, 0.29) is 18.0 Å². The number of hydrogen-bond acceptors (Lipinski definition) is 4. The zero-order valence-electron chi connectivity index (χ0n) is 14.2. The van der Waals surface area contributed by atoms with Crippen LogP contribution in [0.4, 0.5) is 11.4 Å². The van der Waals surface area contributed by atoms with Crippen molar-refractivity contribution in [1.29, 1.82) is 0 Å². The molecule has 6 nitrogen and oxygen atoms in total. The zero-order chi connectivity index (χ0) is 18.8. The summed E-state index contributed by atoms with van der Waals surface area (Å²) in [6.07, 6.45) is 1.38. The number of anilines is 2. The van der Waals surface area contributed by atoms with Crippen LogP contribution in [-0.4, -0.2) is 29.6 Å². The Hall–Kier alpha value is -2.38. The van der Waals surface area contributed by atoms with E-state index >= 15 is 0 Å². The molecule has 1 aromatic heterocycles. The van der Waals surface area contributed by atoms with Gasteiger partial charge in [0, 0.05) is 23.6 Å². The van der Waals surface area contributed by atoms with E-state index in [0.717, 1.165) is 10.2 Å². The van der Waals surface area contributed by atoms with Crippen molar-refractivity contribution in [3.63, 3.8) is 0 Å². The van der Waals surface area contributed by atoms with Gasteiger partial charge in [0.15, 0.2) is 0 Å². The Morgan fingerprint density at radius 3 is 2.77 bits per heavy atom. The van der Waals surface area contributed by atoms with Gasteiger partial charge in [-0.3, -0.25) is 14.2 Å². The lowest BCUT2D eigenvalue weighted by Gasteiger charge is -2.18. The molecule has 0 aliphatic rings. The van der Waals surface area contributed by atoms with E-state index in [2.05, 4.69) is 26.2 Å². The maximum absolute atomic E-state index is 12.6. The summed E-state index contributed by atoms with van der Waals surface area (Å²) in [5.74, 6) is -0.339. The average Bonchev–Trinajstić information content (AvgIpc) is 2.57. The molecule has 0 saturated heterocycles. The summed E-state index contributed by atoms with van der Waals surface area (Å²) < 4.78 is 2.06. The number of hydrogen-bond donors (Lipinski definition) is 1. The number of amides is 1. The van der Waals surface area contributed by atoms with Crippen LogP contribution in [0, 0.1) is 0 Å². The van der Waals surface area contributed by atoms with Crippen LogP contribution in [0.5, 0.6) is 0 Å². The summed E-state index contributed by atoms with van der Waals surface area (Å²) >= 11 is 9.37. The Morgan fingerprint density at radius 1 is 1.27 bits per heavy atom. The molecule has 3 rings (SSSR count). The summed E-state index contributed by atoms with van der Waals surface area (Å²) in [6, 6.07) is 10.5. The Labute approximate surface area is 163 Å². The predicted molar refractivity (Wildman–Crippen MR) is 108 cm³/mol. The van der Waals surface area contributed by atoms with Gasteiger partial charge in [0.1, 0.15) is 6.54 Å². The fraction of sp³-hybridized carbons (Fsp3) is 0.167. The minimum absolute atomic E-state index is 0.145. The second kappa shape index (κ2) is 7.47. The van der Waals surface area contributed by atoms with Crippen LogP contribution < -0.4 is 15.8 Å². The number of benzene rings is 2. The molecule has 0 radical (unpaired) electrons. The Kier molecular flexibility index (Phi) is 5.29. The third-order valence-electron chi connectivity index (χ3n) is 3.81. The van der Waals surface area contributed by atoms with E-state index < -0.39 is 0 Å². The first-order valence-corrected chi connectivity index (χ1v) is 8.93. The predicted octanol–water partition coefficient (Wildman–Crippen LogP) is 3.52. The molecule has 1 amide bonds. The number of fused-ring (bicyclic) bond motifs is 1. The van der Waals surface area contributed by atoms with Gasteiger partial charge in [0.25, 0.3) is 5.56 Å². The molecule has 0 unspecified atom stereocenters.